The second-order valence-corrected chi connectivity index (χ2v) is 6.94. The number of nitrogens with zero attached hydrogens (tertiary/aromatic N) is 1. The first kappa shape index (κ1) is 13.3. The maximum atomic E-state index is 13.4. The molecule has 0 spiro atoms. The van der Waals surface area contributed by atoms with E-state index in [4.69, 9.17) is 0 Å². The molecule has 0 saturated heterocycles. The predicted octanol–water partition coefficient (Wildman–Crippen LogP) is 4.81. The lowest BCUT2D eigenvalue weighted by Crippen LogP contribution is -2.24. The fourth-order valence-electron chi connectivity index (χ4n) is 2.29. The highest BCUT2D eigenvalue weighted by Crippen LogP contribution is 2.31. The molecule has 0 N–H and O–H groups in total. The van der Waals surface area contributed by atoms with Gasteiger partial charge in [0.25, 0.3) is 0 Å². The van der Waals surface area contributed by atoms with E-state index in [1.165, 1.54) is 23.8 Å². The van der Waals surface area contributed by atoms with Gasteiger partial charge in [-0.3, -0.25) is 4.90 Å². The molecule has 1 aliphatic rings. The number of benzene rings is 1. The molecule has 19 heavy (non-hydrogen) atoms. The van der Waals surface area contributed by atoms with Crippen molar-refractivity contribution in [3.8, 4) is 0 Å². The molecule has 1 aliphatic carbocycles. The van der Waals surface area contributed by atoms with Gasteiger partial charge in [0.1, 0.15) is 5.82 Å². The van der Waals surface area contributed by atoms with Crippen LogP contribution in [0.2, 0.25) is 0 Å². The molecule has 1 saturated carbocycles. The largest absolute Gasteiger partial charge is 0.291 e. The van der Waals surface area contributed by atoms with E-state index in [0.717, 1.165) is 23.1 Å². The minimum atomic E-state index is -0.170. The summed E-state index contributed by atoms with van der Waals surface area (Å²) in [7, 11) is 0. The van der Waals surface area contributed by atoms with Crippen molar-refractivity contribution in [3.63, 3.8) is 0 Å². The first-order chi connectivity index (χ1) is 9.20. The maximum absolute atomic E-state index is 13.4. The van der Waals surface area contributed by atoms with E-state index in [9.17, 15) is 4.39 Å². The summed E-state index contributed by atoms with van der Waals surface area (Å²) in [5.41, 5.74) is 1.04. The number of hydrogen-bond acceptors (Lipinski definition) is 2. The number of rotatable bonds is 5. The van der Waals surface area contributed by atoms with Gasteiger partial charge in [0, 0.05) is 28.5 Å². The summed E-state index contributed by atoms with van der Waals surface area (Å²) >= 11 is 5.15. The summed E-state index contributed by atoms with van der Waals surface area (Å²) in [5.74, 6) is -0.170. The van der Waals surface area contributed by atoms with Gasteiger partial charge in [-0.05, 0) is 48.1 Å². The fraction of sp³-hybridized carbons (Fsp3) is 0.333. The van der Waals surface area contributed by atoms with Gasteiger partial charge in [0.15, 0.2) is 0 Å². The Balaban J connectivity index is 1.74. The Hall–Kier alpha value is -0.710. The van der Waals surface area contributed by atoms with E-state index in [0.29, 0.717) is 6.04 Å². The molecule has 2 aromatic rings. The third kappa shape index (κ3) is 3.65. The smallest absolute Gasteiger partial charge is 0.124 e. The van der Waals surface area contributed by atoms with Crippen molar-refractivity contribution < 1.29 is 4.39 Å². The molecule has 1 nitrogen and oxygen atoms in total. The van der Waals surface area contributed by atoms with Crippen LogP contribution in [0.15, 0.2) is 40.2 Å². The van der Waals surface area contributed by atoms with E-state index >= 15 is 0 Å². The lowest BCUT2D eigenvalue weighted by Gasteiger charge is -2.21. The van der Waals surface area contributed by atoms with E-state index in [-0.39, 0.29) is 5.82 Å². The van der Waals surface area contributed by atoms with Gasteiger partial charge in [-0.25, -0.2) is 4.39 Å². The molecule has 0 amide bonds. The first-order valence-corrected chi connectivity index (χ1v) is 8.09. The SMILES string of the molecule is Fc1cc(Br)cc(CN(Cc2cccs2)C2CC2)c1. The molecule has 1 fully saturated rings. The summed E-state index contributed by atoms with van der Waals surface area (Å²) in [6.07, 6.45) is 2.53. The summed E-state index contributed by atoms with van der Waals surface area (Å²) in [6, 6.07) is 10.1. The zero-order chi connectivity index (χ0) is 13.2. The minimum absolute atomic E-state index is 0.170. The molecule has 3 rings (SSSR count). The molecule has 1 heterocycles. The highest BCUT2D eigenvalue weighted by molar-refractivity contribution is 9.10. The standard InChI is InChI=1S/C15H15BrFNS/c16-12-6-11(7-13(17)8-12)9-18(14-3-4-14)10-15-2-1-5-19-15/h1-2,5-8,14H,3-4,9-10H2. The van der Waals surface area contributed by atoms with Crippen molar-refractivity contribution in [3.05, 3.63) is 56.4 Å². The van der Waals surface area contributed by atoms with Gasteiger partial charge in [-0.15, -0.1) is 11.3 Å². The van der Waals surface area contributed by atoms with E-state index < -0.39 is 0 Å². The third-order valence-corrected chi connectivity index (χ3v) is 4.63. The minimum Gasteiger partial charge on any atom is -0.291 e. The third-order valence-electron chi connectivity index (χ3n) is 3.31. The van der Waals surface area contributed by atoms with Crippen molar-refractivity contribution in [1.82, 2.24) is 4.90 Å². The van der Waals surface area contributed by atoms with Crippen molar-refractivity contribution >= 4 is 27.3 Å². The molecule has 0 bridgehead atoms. The highest BCUT2D eigenvalue weighted by atomic mass is 79.9. The first-order valence-electron chi connectivity index (χ1n) is 6.42. The van der Waals surface area contributed by atoms with E-state index in [1.54, 1.807) is 17.4 Å². The van der Waals surface area contributed by atoms with Crippen LogP contribution in [0.1, 0.15) is 23.3 Å². The molecular weight excluding hydrogens is 325 g/mol. The van der Waals surface area contributed by atoms with Crippen LogP contribution in [-0.4, -0.2) is 10.9 Å². The van der Waals surface area contributed by atoms with Crippen molar-refractivity contribution in [2.45, 2.75) is 32.0 Å². The van der Waals surface area contributed by atoms with Crippen molar-refractivity contribution in [2.75, 3.05) is 0 Å². The van der Waals surface area contributed by atoms with E-state index in [2.05, 4.69) is 38.3 Å². The molecular formula is C15H15BrFNS. The van der Waals surface area contributed by atoms with Crippen LogP contribution in [0, 0.1) is 5.82 Å². The predicted molar refractivity (Wildman–Crippen MR) is 80.7 cm³/mol. The van der Waals surface area contributed by atoms with Gasteiger partial charge in [0.05, 0.1) is 0 Å². The van der Waals surface area contributed by atoms with Crippen LogP contribution in [-0.2, 0) is 13.1 Å². The summed E-state index contributed by atoms with van der Waals surface area (Å²) < 4.78 is 14.2. The molecule has 1 aromatic carbocycles. The molecule has 0 unspecified atom stereocenters. The molecule has 0 radical (unpaired) electrons. The Morgan fingerprint density at radius 2 is 2.11 bits per heavy atom. The molecule has 4 heteroatoms. The van der Waals surface area contributed by atoms with Crippen LogP contribution < -0.4 is 0 Å². The lowest BCUT2D eigenvalue weighted by molar-refractivity contribution is 0.247. The number of halogens is 2. The Morgan fingerprint density at radius 1 is 1.26 bits per heavy atom. The Bertz CT molecular complexity index is 531. The van der Waals surface area contributed by atoms with Gasteiger partial charge >= 0.3 is 0 Å². The fourth-order valence-corrected chi connectivity index (χ4v) is 3.54. The summed E-state index contributed by atoms with van der Waals surface area (Å²) in [5, 5.41) is 2.11. The zero-order valence-corrected chi connectivity index (χ0v) is 12.9. The van der Waals surface area contributed by atoms with Crippen LogP contribution in [0.5, 0.6) is 0 Å². The topological polar surface area (TPSA) is 3.24 Å². The van der Waals surface area contributed by atoms with Crippen molar-refractivity contribution in [2.24, 2.45) is 0 Å². The van der Waals surface area contributed by atoms with Crippen LogP contribution >= 0.6 is 27.3 Å². The van der Waals surface area contributed by atoms with Gasteiger partial charge < -0.3 is 0 Å². The lowest BCUT2D eigenvalue weighted by atomic mass is 10.2. The quantitative estimate of drug-likeness (QED) is 0.755. The second-order valence-electron chi connectivity index (χ2n) is 4.99. The molecule has 0 aliphatic heterocycles. The number of hydrogen-bond donors (Lipinski definition) is 0. The van der Waals surface area contributed by atoms with E-state index in [1.807, 2.05) is 6.07 Å². The molecule has 100 valence electrons. The average Bonchev–Trinajstić information content (AvgIpc) is 3.06. The normalized spacial score (nSPS) is 15.1. The Labute approximate surface area is 125 Å². The van der Waals surface area contributed by atoms with Crippen molar-refractivity contribution in [1.29, 1.82) is 0 Å². The number of thiophene rings is 1. The van der Waals surface area contributed by atoms with Gasteiger partial charge in [0.2, 0.25) is 0 Å². The monoisotopic (exact) mass is 339 g/mol. The van der Waals surface area contributed by atoms with Gasteiger partial charge in [-0.1, -0.05) is 22.0 Å². The Morgan fingerprint density at radius 3 is 2.74 bits per heavy atom. The summed E-state index contributed by atoms with van der Waals surface area (Å²) in [6.45, 7) is 1.79. The molecule has 0 atom stereocenters. The van der Waals surface area contributed by atoms with Crippen LogP contribution in [0.3, 0.4) is 0 Å². The average molecular weight is 340 g/mol. The second kappa shape index (κ2) is 5.73. The molecule has 1 aromatic heterocycles. The van der Waals surface area contributed by atoms with Crippen LogP contribution in [0.4, 0.5) is 4.39 Å². The summed E-state index contributed by atoms with van der Waals surface area (Å²) in [4.78, 5) is 3.83. The van der Waals surface area contributed by atoms with Gasteiger partial charge in [-0.2, -0.15) is 0 Å². The zero-order valence-electron chi connectivity index (χ0n) is 10.5. The highest BCUT2D eigenvalue weighted by Gasteiger charge is 2.29. The maximum Gasteiger partial charge on any atom is 0.124 e. The van der Waals surface area contributed by atoms with Crippen LogP contribution in [0.25, 0.3) is 0 Å². The Kier molecular flexibility index (Phi) is 4.01.